The summed E-state index contributed by atoms with van der Waals surface area (Å²) in [4.78, 5) is 36.7. The summed E-state index contributed by atoms with van der Waals surface area (Å²) in [6, 6.07) is 4.55. The van der Waals surface area contributed by atoms with E-state index in [4.69, 9.17) is 11.6 Å². The fourth-order valence-electron chi connectivity index (χ4n) is 2.55. The van der Waals surface area contributed by atoms with Crippen molar-refractivity contribution in [3.8, 4) is 0 Å². The number of amides is 3. The lowest BCUT2D eigenvalue weighted by atomic mass is 10.0. The topological polar surface area (TPSA) is 66.5 Å². The van der Waals surface area contributed by atoms with Crippen molar-refractivity contribution in [1.29, 1.82) is 0 Å². The number of imide groups is 1. The molecule has 5 nitrogen and oxygen atoms in total. The first-order valence-electron chi connectivity index (χ1n) is 6.00. The third kappa shape index (κ3) is 1.90. The number of hydrogen-bond acceptors (Lipinski definition) is 3. The lowest BCUT2D eigenvalue weighted by Gasteiger charge is -2.29. The van der Waals surface area contributed by atoms with Crippen LogP contribution in [0.1, 0.15) is 28.8 Å². The molecule has 3 amide bonds. The van der Waals surface area contributed by atoms with Gasteiger partial charge >= 0.3 is 0 Å². The van der Waals surface area contributed by atoms with Crippen LogP contribution in [0.3, 0.4) is 0 Å². The number of rotatable bonds is 1. The number of nitrogens with one attached hydrogen (secondary N) is 1. The maximum Gasteiger partial charge on any atom is 0.255 e. The van der Waals surface area contributed by atoms with Gasteiger partial charge in [-0.2, -0.15) is 0 Å². The number of halogens is 1. The lowest BCUT2D eigenvalue weighted by molar-refractivity contribution is -0.136. The Labute approximate surface area is 114 Å². The van der Waals surface area contributed by atoms with Gasteiger partial charge in [0.1, 0.15) is 6.04 Å². The van der Waals surface area contributed by atoms with Gasteiger partial charge in [0.2, 0.25) is 11.8 Å². The SMILES string of the molecule is O=C1CCC(N2Cc3c(Cl)cccc3C2=O)C(=O)N1. The molecule has 0 saturated carbocycles. The first-order valence-corrected chi connectivity index (χ1v) is 6.38. The first kappa shape index (κ1) is 12.2. The van der Waals surface area contributed by atoms with Crippen molar-refractivity contribution in [3.05, 3.63) is 34.3 Å². The highest BCUT2D eigenvalue weighted by molar-refractivity contribution is 6.32. The number of nitrogens with zero attached hydrogens (tertiary/aromatic N) is 1. The van der Waals surface area contributed by atoms with Gasteiger partial charge < -0.3 is 4.90 Å². The molecule has 1 unspecified atom stereocenters. The largest absolute Gasteiger partial charge is 0.322 e. The molecule has 19 heavy (non-hydrogen) atoms. The number of piperidine rings is 1. The van der Waals surface area contributed by atoms with Crippen LogP contribution in [0.15, 0.2) is 18.2 Å². The third-order valence-corrected chi connectivity index (χ3v) is 3.88. The van der Waals surface area contributed by atoms with E-state index in [1.165, 1.54) is 4.90 Å². The minimum absolute atomic E-state index is 0.202. The van der Waals surface area contributed by atoms with E-state index in [0.717, 1.165) is 5.56 Å². The van der Waals surface area contributed by atoms with Gasteiger partial charge in [0.15, 0.2) is 0 Å². The Bertz CT molecular complexity index is 600. The Hall–Kier alpha value is -1.88. The molecule has 3 rings (SSSR count). The van der Waals surface area contributed by atoms with Crippen LogP contribution in [-0.2, 0) is 16.1 Å². The molecular weight excluding hydrogens is 268 g/mol. The zero-order chi connectivity index (χ0) is 13.6. The predicted molar refractivity (Wildman–Crippen MR) is 67.5 cm³/mol. The van der Waals surface area contributed by atoms with Gasteiger partial charge in [-0.1, -0.05) is 17.7 Å². The summed E-state index contributed by atoms with van der Waals surface area (Å²) in [5.41, 5.74) is 1.29. The highest BCUT2D eigenvalue weighted by Gasteiger charge is 2.39. The van der Waals surface area contributed by atoms with Gasteiger partial charge in [0, 0.05) is 29.1 Å². The molecule has 0 aromatic heterocycles. The van der Waals surface area contributed by atoms with Gasteiger partial charge in [-0.05, 0) is 18.6 Å². The van der Waals surface area contributed by atoms with E-state index < -0.39 is 11.9 Å². The molecule has 2 aliphatic heterocycles. The Morgan fingerprint density at radius 3 is 2.74 bits per heavy atom. The van der Waals surface area contributed by atoms with E-state index in [-0.39, 0.29) is 18.2 Å². The van der Waals surface area contributed by atoms with Gasteiger partial charge in [0.05, 0.1) is 0 Å². The van der Waals surface area contributed by atoms with E-state index >= 15 is 0 Å². The zero-order valence-corrected chi connectivity index (χ0v) is 10.7. The van der Waals surface area contributed by atoms with Crippen LogP contribution >= 0.6 is 11.6 Å². The summed E-state index contributed by atoms with van der Waals surface area (Å²) in [5, 5.41) is 2.79. The minimum atomic E-state index is -0.589. The maximum atomic E-state index is 12.3. The molecule has 98 valence electrons. The summed E-state index contributed by atoms with van der Waals surface area (Å²) in [7, 11) is 0. The van der Waals surface area contributed by atoms with Gasteiger partial charge in [0.25, 0.3) is 5.91 Å². The maximum absolute atomic E-state index is 12.3. The summed E-state index contributed by atoms with van der Waals surface area (Å²) < 4.78 is 0. The number of fused-ring (bicyclic) bond motifs is 1. The fourth-order valence-corrected chi connectivity index (χ4v) is 2.78. The van der Waals surface area contributed by atoms with E-state index in [2.05, 4.69) is 5.32 Å². The molecule has 0 spiro atoms. The molecule has 2 heterocycles. The molecular formula is C13H11ClN2O3. The van der Waals surface area contributed by atoms with Crippen LogP contribution in [0.5, 0.6) is 0 Å². The first-order chi connectivity index (χ1) is 9.08. The number of carbonyl (C=O) groups excluding carboxylic acids is 3. The van der Waals surface area contributed by atoms with Crippen LogP contribution in [0.4, 0.5) is 0 Å². The normalized spacial score (nSPS) is 22.5. The number of benzene rings is 1. The second kappa shape index (κ2) is 4.35. The van der Waals surface area contributed by atoms with Crippen molar-refractivity contribution in [1.82, 2.24) is 10.2 Å². The minimum Gasteiger partial charge on any atom is -0.322 e. The monoisotopic (exact) mass is 278 g/mol. The van der Waals surface area contributed by atoms with Gasteiger partial charge in [-0.15, -0.1) is 0 Å². The Balaban J connectivity index is 1.90. The van der Waals surface area contributed by atoms with Crippen molar-refractivity contribution in [2.24, 2.45) is 0 Å². The van der Waals surface area contributed by atoms with Crippen LogP contribution in [-0.4, -0.2) is 28.7 Å². The summed E-state index contributed by atoms with van der Waals surface area (Å²) in [5.74, 6) is -0.899. The Morgan fingerprint density at radius 2 is 2.05 bits per heavy atom. The molecule has 1 atom stereocenters. The average Bonchev–Trinajstić information content (AvgIpc) is 2.69. The van der Waals surface area contributed by atoms with Crippen LogP contribution < -0.4 is 5.32 Å². The molecule has 1 aromatic carbocycles. The summed E-state index contributed by atoms with van der Waals surface area (Å²) in [6.45, 7) is 0.320. The molecule has 2 aliphatic rings. The van der Waals surface area contributed by atoms with Crippen molar-refractivity contribution in [2.75, 3.05) is 0 Å². The Morgan fingerprint density at radius 1 is 1.26 bits per heavy atom. The van der Waals surface area contributed by atoms with E-state index in [1.807, 2.05) is 0 Å². The second-order valence-corrected chi connectivity index (χ2v) is 5.07. The molecule has 1 saturated heterocycles. The smallest absolute Gasteiger partial charge is 0.255 e. The number of carbonyl (C=O) groups is 3. The van der Waals surface area contributed by atoms with E-state index in [0.29, 0.717) is 23.6 Å². The third-order valence-electron chi connectivity index (χ3n) is 3.52. The molecule has 0 bridgehead atoms. The molecule has 1 N–H and O–H groups in total. The Kier molecular flexibility index (Phi) is 2.78. The lowest BCUT2D eigenvalue weighted by Crippen LogP contribution is -2.52. The predicted octanol–water partition coefficient (Wildman–Crippen LogP) is 1.10. The van der Waals surface area contributed by atoms with Crippen LogP contribution in [0, 0.1) is 0 Å². The molecule has 0 radical (unpaired) electrons. The summed E-state index contributed by atoms with van der Waals surface area (Å²) >= 11 is 6.07. The highest BCUT2D eigenvalue weighted by atomic mass is 35.5. The fraction of sp³-hybridized carbons (Fsp3) is 0.308. The number of hydrogen-bond donors (Lipinski definition) is 1. The van der Waals surface area contributed by atoms with Crippen molar-refractivity contribution in [2.45, 2.75) is 25.4 Å². The molecule has 0 aliphatic carbocycles. The van der Waals surface area contributed by atoms with E-state index in [9.17, 15) is 14.4 Å². The summed E-state index contributed by atoms with van der Waals surface area (Å²) in [6.07, 6.45) is 0.617. The van der Waals surface area contributed by atoms with E-state index in [1.54, 1.807) is 18.2 Å². The standard InChI is InChI=1S/C13H11ClN2O3/c14-9-3-1-2-7-8(9)6-16(13(7)19)10-4-5-11(17)15-12(10)18/h1-3,10H,4-6H2,(H,15,17,18). The zero-order valence-electron chi connectivity index (χ0n) is 9.98. The highest BCUT2D eigenvalue weighted by Crippen LogP contribution is 2.31. The molecule has 1 aromatic rings. The van der Waals surface area contributed by atoms with Crippen molar-refractivity contribution >= 4 is 29.3 Å². The van der Waals surface area contributed by atoms with Gasteiger partial charge in [-0.3, -0.25) is 19.7 Å². The van der Waals surface area contributed by atoms with Gasteiger partial charge in [-0.25, -0.2) is 0 Å². The average molecular weight is 279 g/mol. The van der Waals surface area contributed by atoms with Crippen molar-refractivity contribution in [3.63, 3.8) is 0 Å². The quantitative estimate of drug-likeness (QED) is 0.782. The molecule has 1 fully saturated rings. The van der Waals surface area contributed by atoms with Crippen LogP contribution in [0.25, 0.3) is 0 Å². The van der Waals surface area contributed by atoms with Crippen LogP contribution in [0.2, 0.25) is 5.02 Å². The second-order valence-electron chi connectivity index (χ2n) is 4.67. The molecule has 6 heteroatoms. The van der Waals surface area contributed by atoms with Crippen molar-refractivity contribution < 1.29 is 14.4 Å².